The van der Waals surface area contributed by atoms with Crippen molar-refractivity contribution in [2.24, 2.45) is 0 Å². The van der Waals surface area contributed by atoms with Crippen LogP contribution in [0.4, 0.5) is 5.82 Å². The lowest BCUT2D eigenvalue weighted by Gasteiger charge is -2.10. The average Bonchev–Trinajstić information content (AvgIpc) is 2.37. The predicted molar refractivity (Wildman–Crippen MR) is 68.3 cm³/mol. The molecule has 104 valence electrons. The van der Waals surface area contributed by atoms with E-state index in [9.17, 15) is 4.79 Å². The zero-order chi connectivity index (χ0) is 14.1. The molecule has 1 aromatic rings. The van der Waals surface area contributed by atoms with Crippen molar-refractivity contribution in [1.82, 2.24) is 9.55 Å². The molecule has 0 saturated heterocycles. The van der Waals surface area contributed by atoms with E-state index in [1.54, 1.807) is 21.0 Å². The zero-order valence-electron chi connectivity index (χ0n) is 10.9. The lowest BCUT2D eigenvalue weighted by Crippen LogP contribution is -2.27. The molecule has 0 aliphatic rings. The van der Waals surface area contributed by atoms with Gasteiger partial charge in [-0.3, -0.25) is 4.57 Å². The van der Waals surface area contributed by atoms with Crippen LogP contribution >= 0.6 is 0 Å². The van der Waals surface area contributed by atoms with Crippen molar-refractivity contribution in [2.45, 2.75) is 26.0 Å². The minimum atomic E-state index is -0.434. The van der Waals surface area contributed by atoms with Crippen LogP contribution in [0.25, 0.3) is 0 Å². The second-order valence-corrected chi connectivity index (χ2v) is 3.80. The SMILES string of the molecule is CC(CO)n1ccc(N)nc1=O.CO[C@@H](C)CO. The summed E-state index contributed by atoms with van der Waals surface area (Å²) in [4.78, 5) is 14.6. The summed E-state index contributed by atoms with van der Waals surface area (Å²) in [5.74, 6) is 0.196. The van der Waals surface area contributed by atoms with Crippen LogP contribution in [-0.2, 0) is 4.74 Å². The van der Waals surface area contributed by atoms with Gasteiger partial charge in [-0.25, -0.2) is 4.79 Å². The molecule has 1 rings (SSSR count). The Labute approximate surface area is 106 Å². The molecule has 2 atom stereocenters. The fourth-order valence-corrected chi connectivity index (χ4v) is 0.924. The number of hydrogen-bond donors (Lipinski definition) is 3. The van der Waals surface area contributed by atoms with Gasteiger partial charge < -0.3 is 20.7 Å². The number of rotatable bonds is 4. The summed E-state index contributed by atoms with van der Waals surface area (Å²) in [5, 5.41) is 17.0. The van der Waals surface area contributed by atoms with Gasteiger partial charge in [0.15, 0.2) is 0 Å². The van der Waals surface area contributed by atoms with Crippen LogP contribution in [0, 0.1) is 0 Å². The highest BCUT2D eigenvalue weighted by Gasteiger charge is 2.04. The highest BCUT2D eigenvalue weighted by atomic mass is 16.5. The molecule has 1 unspecified atom stereocenters. The second kappa shape index (κ2) is 8.62. The molecule has 0 aliphatic carbocycles. The van der Waals surface area contributed by atoms with Gasteiger partial charge in [0.2, 0.25) is 0 Å². The Bertz CT molecular complexity index is 390. The van der Waals surface area contributed by atoms with E-state index in [0.717, 1.165) is 0 Å². The van der Waals surface area contributed by atoms with Gasteiger partial charge in [-0.05, 0) is 19.9 Å². The van der Waals surface area contributed by atoms with E-state index in [-0.39, 0.29) is 31.2 Å². The maximum atomic E-state index is 11.1. The molecule has 0 bridgehead atoms. The quantitative estimate of drug-likeness (QED) is 0.665. The van der Waals surface area contributed by atoms with Crippen LogP contribution < -0.4 is 11.4 Å². The van der Waals surface area contributed by atoms with Gasteiger partial charge >= 0.3 is 5.69 Å². The van der Waals surface area contributed by atoms with Gasteiger partial charge in [0.1, 0.15) is 5.82 Å². The summed E-state index contributed by atoms with van der Waals surface area (Å²) in [5.41, 5.74) is 4.85. The first-order valence-electron chi connectivity index (χ1n) is 5.55. The molecule has 0 aliphatic heterocycles. The Morgan fingerprint density at radius 1 is 1.44 bits per heavy atom. The lowest BCUT2D eigenvalue weighted by atomic mass is 10.3. The molecule has 18 heavy (non-hydrogen) atoms. The summed E-state index contributed by atoms with van der Waals surface area (Å²) < 4.78 is 5.98. The summed E-state index contributed by atoms with van der Waals surface area (Å²) in [7, 11) is 1.57. The maximum absolute atomic E-state index is 11.1. The van der Waals surface area contributed by atoms with Crippen molar-refractivity contribution >= 4 is 5.82 Å². The first kappa shape index (κ1) is 16.6. The summed E-state index contributed by atoms with van der Waals surface area (Å²) >= 11 is 0. The van der Waals surface area contributed by atoms with Gasteiger partial charge in [0.05, 0.1) is 25.4 Å². The number of aliphatic hydroxyl groups excluding tert-OH is 2. The van der Waals surface area contributed by atoms with E-state index in [1.165, 1.54) is 16.8 Å². The predicted octanol–water partition coefficient (Wildman–Crippen LogP) is -0.608. The van der Waals surface area contributed by atoms with E-state index < -0.39 is 5.69 Å². The molecule has 7 nitrogen and oxygen atoms in total. The van der Waals surface area contributed by atoms with Crippen LogP contribution in [0.15, 0.2) is 17.1 Å². The van der Waals surface area contributed by atoms with Gasteiger partial charge in [-0.2, -0.15) is 4.98 Å². The van der Waals surface area contributed by atoms with Crippen LogP contribution in [0.3, 0.4) is 0 Å². The third-order valence-corrected chi connectivity index (χ3v) is 2.25. The van der Waals surface area contributed by atoms with Gasteiger partial charge in [-0.1, -0.05) is 0 Å². The Morgan fingerprint density at radius 3 is 2.39 bits per heavy atom. The number of aromatic nitrogens is 2. The van der Waals surface area contributed by atoms with Crippen molar-refractivity contribution in [3.63, 3.8) is 0 Å². The first-order valence-corrected chi connectivity index (χ1v) is 5.55. The molecule has 7 heteroatoms. The van der Waals surface area contributed by atoms with E-state index in [2.05, 4.69) is 9.72 Å². The average molecular weight is 259 g/mol. The number of aliphatic hydroxyl groups is 2. The summed E-state index contributed by atoms with van der Waals surface area (Å²) in [6, 6.07) is 1.26. The number of anilines is 1. The van der Waals surface area contributed by atoms with Crippen molar-refractivity contribution in [2.75, 3.05) is 26.1 Å². The third-order valence-electron chi connectivity index (χ3n) is 2.25. The van der Waals surface area contributed by atoms with E-state index in [4.69, 9.17) is 15.9 Å². The fourth-order valence-electron chi connectivity index (χ4n) is 0.924. The number of ether oxygens (including phenoxy) is 1. The molecule has 4 N–H and O–H groups in total. The summed E-state index contributed by atoms with van der Waals surface area (Å²) in [6.45, 7) is 3.54. The van der Waals surface area contributed by atoms with Crippen LogP contribution in [0.2, 0.25) is 0 Å². The molecule has 0 saturated carbocycles. The van der Waals surface area contributed by atoms with Crippen molar-refractivity contribution in [3.05, 3.63) is 22.7 Å². The monoisotopic (exact) mass is 259 g/mol. The van der Waals surface area contributed by atoms with Gasteiger partial charge in [0, 0.05) is 13.3 Å². The van der Waals surface area contributed by atoms with Gasteiger partial charge in [0.25, 0.3) is 0 Å². The van der Waals surface area contributed by atoms with Crippen LogP contribution in [0.5, 0.6) is 0 Å². The number of methoxy groups -OCH3 is 1. The van der Waals surface area contributed by atoms with E-state index in [0.29, 0.717) is 0 Å². The normalized spacial score (nSPS) is 13.4. The highest BCUT2D eigenvalue weighted by Crippen LogP contribution is 1.99. The topological polar surface area (TPSA) is 111 Å². The Kier molecular flexibility index (Phi) is 7.93. The Morgan fingerprint density at radius 2 is 2.06 bits per heavy atom. The molecule has 0 fully saturated rings. The lowest BCUT2D eigenvalue weighted by molar-refractivity contribution is 0.0623. The maximum Gasteiger partial charge on any atom is 0.349 e. The Hall–Kier alpha value is -1.44. The van der Waals surface area contributed by atoms with Crippen molar-refractivity contribution in [1.29, 1.82) is 0 Å². The number of hydrogen-bond acceptors (Lipinski definition) is 6. The molecule has 1 heterocycles. The fraction of sp³-hybridized carbons (Fsp3) is 0.636. The highest BCUT2D eigenvalue weighted by molar-refractivity contribution is 5.23. The van der Waals surface area contributed by atoms with Crippen molar-refractivity contribution < 1.29 is 14.9 Å². The van der Waals surface area contributed by atoms with Gasteiger partial charge in [-0.15, -0.1) is 0 Å². The number of nitrogens with two attached hydrogens (primary N) is 1. The third kappa shape index (κ3) is 5.76. The molecular formula is C11H21N3O4. The zero-order valence-corrected chi connectivity index (χ0v) is 10.9. The molecule has 1 aromatic heterocycles. The second-order valence-electron chi connectivity index (χ2n) is 3.80. The molecular weight excluding hydrogens is 238 g/mol. The van der Waals surface area contributed by atoms with E-state index in [1.807, 2.05) is 0 Å². The first-order chi connectivity index (χ1) is 8.46. The van der Waals surface area contributed by atoms with Crippen LogP contribution in [-0.4, -0.2) is 46.2 Å². The number of nitrogen functional groups attached to an aromatic ring is 1. The summed E-state index contributed by atoms with van der Waals surface area (Å²) in [6.07, 6.45) is 1.51. The smallest absolute Gasteiger partial charge is 0.349 e. The largest absolute Gasteiger partial charge is 0.394 e. The van der Waals surface area contributed by atoms with Crippen molar-refractivity contribution in [3.8, 4) is 0 Å². The minimum Gasteiger partial charge on any atom is -0.394 e. The van der Waals surface area contributed by atoms with Crippen LogP contribution in [0.1, 0.15) is 19.9 Å². The standard InChI is InChI=1S/C7H11N3O2.C4H10O2/c1-5(4-11)10-3-2-6(8)9-7(10)12;1-4(3-5)6-2/h2-3,5,11H,4H2,1H3,(H2,8,9,12);4-5H,3H2,1-2H3/t;4-/m.0/s1. The Balaban J connectivity index is 0.000000411. The molecule has 0 spiro atoms. The molecule has 0 amide bonds. The number of nitrogens with zero attached hydrogens (tertiary/aromatic N) is 2. The molecule has 0 aromatic carbocycles. The van der Waals surface area contributed by atoms with E-state index >= 15 is 0 Å². The molecule has 0 radical (unpaired) electrons. The minimum absolute atomic E-state index is 0.00926.